The van der Waals surface area contributed by atoms with E-state index in [9.17, 15) is 4.79 Å². The van der Waals surface area contributed by atoms with Crippen LogP contribution in [0.4, 0.5) is 0 Å². The van der Waals surface area contributed by atoms with Crippen LogP contribution in [0.15, 0.2) is 10.9 Å². The van der Waals surface area contributed by atoms with E-state index in [-0.39, 0.29) is 10.7 Å². The molecule has 102 valence electrons. The first-order valence-electron chi connectivity index (χ1n) is 6.02. The summed E-state index contributed by atoms with van der Waals surface area (Å²) in [7, 11) is 1.63. The monoisotopic (exact) mass is 274 g/mol. The maximum absolute atomic E-state index is 11.8. The third-order valence-electron chi connectivity index (χ3n) is 2.47. The van der Waals surface area contributed by atoms with Crippen LogP contribution in [0.1, 0.15) is 19.2 Å². The molecule has 0 aromatic carbocycles. The van der Waals surface area contributed by atoms with Crippen molar-refractivity contribution in [3.8, 4) is 0 Å². The Kier molecular flexibility index (Phi) is 6.93. The van der Waals surface area contributed by atoms with Crippen molar-refractivity contribution < 1.29 is 9.47 Å². The molecule has 0 aliphatic heterocycles. The molecule has 0 fully saturated rings. The molecule has 18 heavy (non-hydrogen) atoms. The molecule has 0 saturated heterocycles. The molecule has 1 aromatic heterocycles. The van der Waals surface area contributed by atoms with Crippen LogP contribution in [0.25, 0.3) is 0 Å². The minimum atomic E-state index is -0.108. The highest BCUT2D eigenvalue weighted by atomic mass is 35.5. The number of nitrogens with zero attached hydrogens (tertiary/aromatic N) is 2. The Labute approximate surface area is 112 Å². The summed E-state index contributed by atoms with van der Waals surface area (Å²) in [5.74, 6) is 0.712. The van der Waals surface area contributed by atoms with Crippen molar-refractivity contribution in [2.75, 3.05) is 26.9 Å². The van der Waals surface area contributed by atoms with Gasteiger partial charge in [0.1, 0.15) is 11.0 Å². The Morgan fingerprint density at radius 3 is 2.83 bits per heavy atom. The molecule has 1 heterocycles. The zero-order valence-corrected chi connectivity index (χ0v) is 11.6. The van der Waals surface area contributed by atoms with Crippen LogP contribution in [0.3, 0.4) is 0 Å². The predicted octanol–water partition coefficient (Wildman–Crippen LogP) is 1.51. The Bertz CT molecular complexity index is 420. The van der Waals surface area contributed by atoms with E-state index in [0.717, 1.165) is 6.42 Å². The second-order valence-electron chi connectivity index (χ2n) is 3.80. The van der Waals surface area contributed by atoms with Crippen molar-refractivity contribution in [1.29, 1.82) is 0 Å². The van der Waals surface area contributed by atoms with Gasteiger partial charge in [-0.15, -0.1) is 0 Å². The van der Waals surface area contributed by atoms with Crippen molar-refractivity contribution in [2.24, 2.45) is 0 Å². The van der Waals surface area contributed by atoms with Crippen LogP contribution in [0, 0.1) is 0 Å². The van der Waals surface area contributed by atoms with Gasteiger partial charge in [-0.25, -0.2) is 4.98 Å². The minimum Gasteiger partial charge on any atom is -0.382 e. The lowest BCUT2D eigenvalue weighted by atomic mass is 10.3. The third kappa shape index (κ3) is 4.76. The topological polar surface area (TPSA) is 53.4 Å². The lowest BCUT2D eigenvalue weighted by Gasteiger charge is -2.10. The zero-order chi connectivity index (χ0) is 13.4. The van der Waals surface area contributed by atoms with E-state index in [1.54, 1.807) is 11.7 Å². The summed E-state index contributed by atoms with van der Waals surface area (Å²) in [5.41, 5.74) is -0.108. The summed E-state index contributed by atoms with van der Waals surface area (Å²) in [4.78, 5) is 15.9. The van der Waals surface area contributed by atoms with Gasteiger partial charge in [0.05, 0.1) is 13.2 Å². The van der Waals surface area contributed by atoms with Crippen molar-refractivity contribution in [3.63, 3.8) is 0 Å². The van der Waals surface area contributed by atoms with Crippen LogP contribution < -0.4 is 5.56 Å². The van der Waals surface area contributed by atoms with Crippen LogP contribution in [0.2, 0.25) is 5.15 Å². The third-order valence-corrected chi connectivity index (χ3v) is 2.67. The van der Waals surface area contributed by atoms with Gasteiger partial charge in [-0.1, -0.05) is 18.5 Å². The standard InChI is InChI=1S/C12H19ClN2O3/c1-3-11-14-10(13)9-12(16)15(11)5-4-6-18-8-7-17-2/h9H,3-8H2,1-2H3. The molecule has 0 unspecified atom stereocenters. The maximum atomic E-state index is 11.8. The fraction of sp³-hybridized carbons (Fsp3) is 0.667. The number of rotatable bonds is 8. The fourth-order valence-corrected chi connectivity index (χ4v) is 1.79. The van der Waals surface area contributed by atoms with E-state index >= 15 is 0 Å². The molecule has 0 amide bonds. The quantitative estimate of drug-likeness (QED) is 0.533. The molecular formula is C12H19ClN2O3. The van der Waals surface area contributed by atoms with Gasteiger partial charge in [0, 0.05) is 32.7 Å². The molecule has 0 atom stereocenters. The highest BCUT2D eigenvalue weighted by Crippen LogP contribution is 2.03. The molecule has 0 N–H and O–H groups in total. The summed E-state index contributed by atoms with van der Waals surface area (Å²) >= 11 is 5.76. The second-order valence-corrected chi connectivity index (χ2v) is 4.18. The van der Waals surface area contributed by atoms with E-state index in [0.29, 0.717) is 38.6 Å². The van der Waals surface area contributed by atoms with Crippen molar-refractivity contribution >= 4 is 11.6 Å². The first kappa shape index (κ1) is 15.1. The first-order chi connectivity index (χ1) is 8.69. The Morgan fingerprint density at radius 1 is 1.39 bits per heavy atom. The molecular weight excluding hydrogens is 256 g/mol. The molecule has 0 saturated carbocycles. The Balaban J connectivity index is 2.49. The second kappa shape index (κ2) is 8.24. The molecule has 0 spiro atoms. The van der Waals surface area contributed by atoms with Crippen LogP contribution in [-0.2, 0) is 22.4 Å². The van der Waals surface area contributed by atoms with Crippen LogP contribution in [0.5, 0.6) is 0 Å². The summed E-state index contributed by atoms with van der Waals surface area (Å²) in [5, 5.41) is 0.254. The lowest BCUT2D eigenvalue weighted by molar-refractivity contribution is 0.0678. The zero-order valence-electron chi connectivity index (χ0n) is 10.8. The largest absolute Gasteiger partial charge is 0.382 e. The molecule has 5 nitrogen and oxygen atoms in total. The van der Waals surface area contributed by atoms with Gasteiger partial charge < -0.3 is 9.47 Å². The van der Waals surface area contributed by atoms with Gasteiger partial charge in [-0.2, -0.15) is 0 Å². The lowest BCUT2D eigenvalue weighted by Crippen LogP contribution is -2.25. The van der Waals surface area contributed by atoms with E-state index in [4.69, 9.17) is 21.1 Å². The van der Waals surface area contributed by atoms with Crippen molar-refractivity contribution in [2.45, 2.75) is 26.3 Å². The van der Waals surface area contributed by atoms with Gasteiger partial charge in [-0.05, 0) is 6.42 Å². The summed E-state index contributed by atoms with van der Waals surface area (Å²) in [6, 6.07) is 1.34. The maximum Gasteiger partial charge on any atom is 0.254 e. The highest BCUT2D eigenvalue weighted by molar-refractivity contribution is 6.29. The van der Waals surface area contributed by atoms with Gasteiger partial charge in [0.15, 0.2) is 0 Å². The van der Waals surface area contributed by atoms with E-state index < -0.39 is 0 Å². The predicted molar refractivity (Wildman–Crippen MR) is 70.2 cm³/mol. The fourth-order valence-electron chi connectivity index (χ4n) is 1.60. The first-order valence-corrected chi connectivity index (χ1v) is 6.39. The molecule has 1 aromatic rings. The van der Waals surface area contributed by atoms with Crippen LogP contribution in [-0.4, -0.2) is 36.5 Å². The summed E-state index contributed by atoms with van der Waals surface area (Å²) in [6.45, 7) is 4.30. The number of aryl methyl sites for hydroxylation is 1. The average molecular weight is 275 g/mol. The number of ether oxygens (including phenoxy) is 2. The number of hydrogen-bond donors (Lipinski definition) is 0. The van der Waals surface area contributed by atoms with Gasteiger partial charge in [0.25, 0.3) is 5.56 Å². The smallest absolute Gasteiger partial charge is 0.254 e. The molecule has 0 bridgehead atoms. The van der Waals surface area contributed by atoms with Crippen molar-refractivity contribution in [1.82, 2.24) is 9.55 Å². The van der Waals surface area contributed by atoms with Crippen LogP contribution >= 0.6 is 11.6 Å². The SMILES string of the molecule is CCc1nc(Cl)cc(=O)n1CCCOCCOC. The summed E-state index contributed by atoms with van der Waals surface area (Å²) < 4.78 is 11.9. The average Bonchev–Trinajstić information content (AvgIpc) is 2.35. The molecule has 1 rings (SSSR count). The number of halogens is 1. The molecule has 0 aliphatic carbocycles. The Morgan fingerprint density at radius 2 is 2.17 bits per heavy atom. The minimum absolute atomic E-state index is 0.108. The Hall–Kier alpha value is -0.910. The number of methoxy groups -OCH3 is 1. The highest BCUT2D eigenvalue weighted by Gasteiger charge is 2.05. The normalized spacial score (nSPS) is 10.8. The molecule has 6 heteroatoms. The van der Waals surface area contributed by atoms with Gasteiger partial charge >= 0.3 is 0 Å². The van der Waals surface area contributed by atoms with Gasteiger partial charge in [0.2, 0.25) is 0 Å². The van der Waals surface area contributed by atoms with Gasteiger partial charge in [-0.3, -0.25) is 9.36 Å². The van der Waals surface area contributed by atoms with E-state index in [1.165, 1.54) is 6.07 Å². The van der Waals surface area contributed by atoms with E-state index in [1.807, 2.05) is 6.92 Å². The number of aromatic nitrogens is 2. The molecule has 0 aliphatic rings. The van der Waals surface area contributed by atoms with Crippen molar-refractivity contribution in [3.05, 3.63) is 27.4 Å². The summed E-state index contributed by atoms with van der Waals surface area (Å²) in [6.07, 6.45) is 1.44. The number of hydrogen-bond acceptors (Lipinski definition) is 4. The van der Waals surface area contributed by atoms with E-state index in [2.05, 4.69) is 4.98 Å². The molecule has 0 radical (unpaired) electrons.